The van der Waals surface area contributed by atoms with Crippen molar-refractivity contribution in [1.82, 2.24) is 4.98 Å². The molecule has 2 rings (SSSR count). The van der Waals surface area contributed by atoms with Crippen LogP contribution >= 0.6 is 0 Å². The second kappa shape index (κ2) is 5.24. The predicted octanol–water partition coefficient (Wildman–Crippen LogP) is 2.86. The molecule has 0 atom stereocenters. The molecule has 5 nitrogen and oxygen atoms in total. The summed E-state index contributed by atoms with van der Waals surface area (Å²) in [5.74, 6) is -1.39. The van der Waals surface area contributed by atoms with Gasteiger partial charge < -0.3 is 14.3 Å². The smallest absolute Gasteiger partial charge is 0.476 e. The Hall–Kier alpha value is -2.51. The van der Waals surface area contributed by atoms with Crippen LogP contribution in [0.15, 0.2) is 34.9 Å². The summed E-state index contributed by atoms with van der Waals surface area (Å²) in [6.07, 6.45) is -3.57. The Bertz CT molecular complexity index is 604. The number of benzene rings is 1. The number of halogens is 3. The number of aromatic nitrogens is 1. The highest BCUT2D eigenvalue weighted by atomic mass is 19.4. The Morgan fingerprint density at radius 3 is 2.45 bits per heavy atom. The van der Waals surface area contributed by atoms with Gasteiger partial charge in [-0.25, -0.2) is 9.78 Å². The number of carboxylic acid groups (broad SMARTS) is 1. The molecule has 0 fully saturated rings. The van der Waals surface area contributed by atoms with E-state index in [1.54, 1.807) is 0 Å². The molecule has 1 N–H and O–H groups in total. The zero-order valence-electron chi connectivity index (χ0n) is 9.85. The number of carbonyl (C=O) groups is 1. The normalized spacial score (nSPS) is 11.3. The standard InChI is InChI=1S/C12H8F3NO4/c13-12(14,15)20-8-3-1-7(2-4-8)5-10-16-9(6-19-10)11(17)18/h1-4,6H,5H2,(H,17,18). The van der Waals surface area contributed by atoms with Crippen LogP contribution in [-0.2, 0) is 6.42 Å². The maximum Gasteiger partial charge on any atom is 0.573 e. The van der Waals surface area contributed by atoms with Gasteiger partial charge in [-0.15, -0.1) is 13.2 Å². The van der Waals surface area contributed by atoms with Crippen LogP contribution in [0.2, 0.25) is 0 Å². The van der Waals surface area contributed by atoms with Gasteiger partial charge in [0.1, 0.15) is 12.0 Å². The van der Waals surface area contributed by atoms with Crippen LogP contribution in [0.1, 0.15) is 21.9 Å². The first-order valence-electron chi connectivity index (χ1n) is 5.36. The molecule has 1 aromatic carbocycles. The highest BCUT2D eigenvalue weighted by Crippen LogP contribution is 2.23. The molecule has 0 aliphatic heterocycles. The van der Waals surface area contributed by atoms with Gasteiger partial charge in [0, 0.05) is 6.42 Å². The van der Waals surface area contributed by atoms with E-state index in [1.165, 1.54) is 12.1 Å². The number of hydrogen-bond acceptors (Lipinski definition) is 4. The molecule has 0 bridgehead atoms. The quantitative estimate of drug-likeness (QED) is 0.936. The summed E-state index contributed by atoms with van der Waals surface area (Å²) in [6, 6.07) is 5.13. The first-order valence-corrected chi connectivity index (χ1v) is 5.36. The minimum absolute atomic E-state index is 0.159. The van der Waals surface area contributed by atoms with E-state index in [0.29, 0.717) is 5.56 Å². The predicted molar refractivity (Wildman–Crippen MR) is 59.4 cm³/mol. The SMILES string of the molecule is O=C(O)c1coc(Cc2ccc(OC(F)(F)F)cc2)n1. The van der Waals surface area contributed by atoms with Gasteiger partial charge in [0.2, 0.25) is 0 Å². The van der Waals surface area contributed by atoms with Crippen LogP contribution < -0.4 is 4.74 Å². The fraction of sp³-hybridized carbons (Fsp3) is 0.167. The average Bonchev–Trinajstić information content (AvgIpc) is 2.78. The van der Waals surface area contributed by atoms with E-state index in [1.807, 2.05) is 0 Å². The molecular weight excluding hydrogens is 279 g/mol. The van der Waals surface area contributed by atoms with Crippen LogP contribution in [0, 0.1) is 0 Å². The van der Waals surface area contributed by atoms with E-state index in [4.69, 9.17) is 9.52 Å². The third kappa shape index (κ3) is 3.74. The number of carboxylic acids is 1. The number of hydrogen-bond donors (Lipinski definition) is 1. The number of nitrogens with zero attached hydrogens (tertiary/aromatic N) is 1. The molecule has 0 spiro atoms. The second-order valence-corrected chi connectivity index (χ2v) is 3.80. The molecule has 2 aromatic rings. The Kier molecular flexibility index (Phi) is 3.64. The van der Waals surface area contributed by atoms with E-state index >= 15 is 0 Å². The lowest BCUT2D eigenvalue weighted by Gasteiger charge is -2.08. The number of rotatable bonds is 4. The van der Waals surface area contributed by atoms with Crippen LogP contribution in [0.3, 0.4) is 0 Å². The van der Waals surface area contributed by atoms with Crippen LogP contribution in [-0.4, -0.2) is 22.4 Å². The van der Waals surface area contributed by atoms with E-state index < -0.39 is 12.3 Å². The molecule has 0 unspecified atom stereocenters. The van der Waals surface area contributed by atoms with Gasteiger partial charge in [0.15, 0.2) is 11.6 Å². The van der Waals surface area contributed by atoms with Gasteiger partial charge in [-0.2, -0.15) is 0 Å². The Balaban J connectivity index is 2.04. The Labute approximate surface area is 110 Å². The summed E-state index contributed by atoms with van der Waals surface area (Å²) in [5, 5.41) is 8.66. The summed E-state index contributed by atoms with van der Waals surface area (Å²) >= 11 is 0. The van der Waals surface area contributed by atoms with E-state index in [-0.39, 0.29) is 23.8 Å². The van der Waals surface area contributed by atoms with Crippen molar-refractivity contribution in [3.63, 3.8) is 0 Å². The van der Waals surface area contributed by atoms with Crippen LogP contribution in [0.4, 0.5) is 13.2 Å². The molecule has 20 heavy (non-hydrogen) atoms. The Morgan fingerprint density at radius 2 is 1.95 bits per heavy atom. The van der Waals surface area contributed by atoms with E-state index in [2.05, 4.69) is 9.72 Å². The summed E-state index contributed by atoms with van der Waals surface area (Å²) in [6.45, 7) is 0. The molecule has 0 radical (unpaired) electrons. The topological polar surface area (TPSA) is 72.6 Å². The van der Waals surface area contributed by atoms with Gasteiger partial charge >= 0.3 is 12.3 Å². The van der Waals surface area contributed by atoms with Gasteiger partial charge in [-0.1, -0.05) is 12.1 Å². The zero-order valence-corrected chi connectivity index (χ0v) is 9.85. The van der Waals surface area contributed by atoms with Gasteiger partial charge in [0.25, 0.3) is 0 Å². The summed E-state index contributed by atoms with van der Waals surface area (Å²) in [7, 11) is 0. The molecule has 0 aliphatic carbocycles. The van der Waals surface area contributed by atoms with Crippen molar-refractivity contribution >= 4 is 5.97 Å². The van der Waals surface area contributed by atoms with Gasteiger partial charge in [-0.3, -0.25) is 0 Å². The summed E-state index contributed by atoms with van der Waals surface area (Å²) in [5.41, 5.74) is 0.385. The minimum atomic E-state index is -4.74. The number of alkyl halides is 3. The third-order valence-corrected chi connectivity index (χ3v) is 2.28. The summed E-state index contributed by atoms with van der Waals surface area (Å²) in [4.78, 5) is 14.3. The van der Waals surface area contributed by atoms with Gasteiger partial charge in [0.05, 0.1) is 0 Å². The fourth-order valence-electron chi connectivity index (χ4n) is 1.47. The van der Waals surface area contributed by atoms with Crippen molar-refractivity contribution in [3.05, 3.63) is 47.7 Å². The molecular formula is C12H8F3NO4. The fourth-order valence-corrected chi connectivity index (χ4v) is 1.47. The first-order chi connectivity index (χ1) is 9.33. The van der Waals surface area contributed by atoms with Crippen molar-refractivity contribution < 1.29 is 32.2 Å². The number of ether oxygens (including phenoxy) is 1. The largest absolute Gasteiger partial charge is 0.573 e. The maximum atomic E-state index is 12.0. The van der Waals surface area contributed by atoms with E-state index in [0.717, 1.165) is 18.4 Å². The van der Waals surface area contributed by atoms with Crippen molar-refractivity contribution in [2.24, 2.45) is 0 Å². The van der Waals surface area contributed by atoms with Crippen molar-refractivity contribution in [2.45, 2.75) is 12.8 Å². The molecule has 1 heterocycles. The molecule has 8 heteroatoms. The highest BCUT2D eigenvalue weighted by molar-refractivity contribution is 5.84. The lowest BCUT2D eigenvalue weighted by molar-refractivity contribution is -0.274. The third-order valence-electron chi connectivity index (χ3n) is 2.28. The van der Waals surface area contributed by atoms with Crippen molar-refractivity contribution in [3.8, 4) is 5.75 Å². The van der Waals surface area contributed by atoms with Crippen molar-refractivity contribution in [1.29, 1.82) is 0 Å². The molecule has 106 valence electrons. The zero-order chi connectivity index (χ0) is 14.8. The molecule has 0 saturated carbocycles. The molecule has 0 saturated heterocycles. The van der Waals surface area contributed by atoms with Crippen molar-refractivity contribution in [2.75, 3.05) is 0 Å². The lowest BCUT2D eigenvalue weighted by Crippen LogP contribution is -2.17. The Morgan fingerprint density at radius 1 is 1.30 bits per heavy atom. The first kappa shape index (κ1) is 13.9. The average molecular weight is 287 g/mol. The summed E-state index contributed by atoms with van der Waals surface area (Å²) < 4.78 is 44.6. The van der Waals surface area contributed by atoms with Gasteiger partial charge in [-0.05, 0) is 17.7 Å². The molecule has 1 aromatic heterocycles. The monoisotopic (exact) mass is 287 g/mol. The number of aromatic carboxylic acids is 1. The maximum absolute atomic E-state index is 12.0. The van der Waals surface area contributed by atoms with Crippen LogP contribution in [0.25, 0.3) is 0 Å². The lowest BCUT2D eigenvalue weighted by atomic mass is 10.1. The molecule has 0 amide bonds. The molecule has 0 aliphatic rings. The highest BCUT2D eigenvalue weighted by Gasteiger charge is 2.30. The van der Waals surface area contributed by atoms with Crippen LogP contribution in [0.5, 0.6) is 5.75 Å². The van der Waals surface area contributed by atoms with E-state index in [9.17, 15) is 18.0 Å². The number of oxazole rings is 1. The second-order valence-electron chi connectivity index (χ2n) is 3.80. The minimum Gasteiger partial charge on any atom is -0.476 e.